The maximum Gasteiger partial charge on any atom is 0.233 e. The highest BCUT2D eigenvalue weighted by Gasteiger charge is 2.29. The van der Waals surface area contributed by atoms with Crippen molar-refractivity contribution in [2.75, 3.05) is 19.4 Å². The molecule has 1 atom stereocenters. The Morgan fingerprint density at radius 2 is 1.90 bits per heavy atom. The van der Waals surface area contributed by atoms with Crippen LogP contribution in [-0.2, 0) is 11.2 Å². The third-order valence-electron chi connectivity index (χ3n) is 5.46. The Morgan fingerprint density at radius 1 is 1.13 bits per heavy atom. The monoisotopic (exact) mass is 422 g/mol. The third kappa shape index (κ3) is 4.51. The van der Waals surface area contributed by atoms with Crippen molar-refractivity contribution in [1.29, 1.82) is 0 Å². The van der Waals surface area contributed by atoms with Crippen molar-refractivity contribution in [3.8, 4) is 11.4 Å². The number of aromatic nitrogens is 3. The molecular formula is C23H26N4O2S. The van der Waals surface area contributed by atoms with Crippen molar-refractivity contribution in [1.82, 2.24) is 19.7 Å². The topological polar surface area (TPSA) is 60.2 Å². The lowest BCUT2D eigenvalue weighted by atomic mass is 10.0. The molecule has 2 heterocycles. The van der Waals surface area contributed by atoms with Crippen LogP contribution in [0.15, 0.2) is 59.8 Å². The van der Waals surface area contributed by atoms with Crippen molar-refractivity contribution >= 4 is 17.7 Å². The molecule has 1 amide bonds. The summed E-state index contributed by atoms with van der Waals surface area (Å²) in [6, 6.07) is 18.4. The molecular weight excluding hydrogens is 396 g/mol. The van der Waals surface area contributed by atoms with Gasteiger partial charge in [-0.2, -0.15) is 0 Å². The highest BCUT2D eigenvalue weighted by atomic mass is 32.2. The van der Waals surface area contributed by atoms with E-state index < -0.39 is 0 Å². The summed E-state index contributed by atoms with van der Waals surface area (Å²) >= 11 is 1.44. The van der Waals surface area contributed by atoms with Gasteiger partial charge >= 0.3 is 0 Å². The minimum atomic E-state index is 0.167. The maximum absolute atomic E-state index is 13.0. The summed E-state index contributed by atoms with van der Waals surface area (Å²) in [6.45, 7) is 2.75. The van der Waals surface area contributed by atoms with E-state index in [2.05, 4.69) is 34.5 Å². The van der Waals surface area contributed by atoms with Gasteiger partial charge in [-0.25, -0.2) is 0 Å². The summed E-state index contributed by atoms with van der Waals surface area (Å²) < 4.78 is 7.21. The van der Waals surface area contributed by atoms with Crippen molar-refractivity contribution < 1.29 is 9.53 Å². The molecule has 1 aromatic heterocycles. The van der Waals surface area contributed by atoms with Gasteiger partial charge in [-0.1, -0.05) is 42.1 Å². The largest absolute Gasteiger partial charge is 0.497 e. The van der Waals surface area contributed by atoms with Gasteiger partial charge in [0.15, 0.2) is 5.16 Å². The minimum absolute atomic E-state index is 0.167. The van der Waals surface area contributed by atoms with Crippen molar-refractivity contribution in [2.45, 2.75) is 37.4 Å². The molecule has 2 aromatic carbocycles. The average molecular weight is 423 g/mol. The van der Waals surface area contributed by atoms with Gasteiger partial charge in [0.05, 0.1) is 12.9 Å². The Morgan fingerprint density at radius 3 is 2.63 bits per heavy atom. The van der Waals surface area contributed by atoms with Crippen LogP contribution >= 0.6 is 11.8 Å². The molecule has 0 N–H and O–H groups in total. The molecule has 1 fully saturated rings. The van der Waals surface area contributed by atoms with Gasteiger partial charge in [0.25, 0.3) is 0 Å². The second kappa shape index (κ2) is 9.34. The highest BCUT2D eigenvalue weighted by molar-refractivity contribution is 7.99. The molecule has 1 unspecified atom stereocenters. The lowest BCUT2D eigenvalue weighted by Crippen LogP contribution is -2.38. The Labute approximate surface area is 181 Å². The fourth-order valence-corrected chi connectivity index (χ4v) is 4.82. The second-order valence-electron chi connectivity index (χ2n) is 7.42. The number of amides is 1. The Kier molecular flexibility index (Phi) is 6.38. The van der Waals surface area contributed by atoms with Crippen molar-refractivity contribution in [2.24, 2.45) is 0 Å². The summed E-state index contributed by atoms with van der Waals surface area (Å²) in [7, 11) is 1.65. The quantitative estimate of drug-likeness (QED) is 0.540. The molecule has 4 rings (SSSR count). The smallest absolute Gasteiger partial charge is 0.233 e. The zero-order valence-corrected chi connectivity index (χ0v) is 18.1. The van der Waals surface area contributed by atoms with Gasteiger partial charge in [-0.15, -0.1) is 10.2 Å². The van der Waals surface area contributed by atoms with Crippen LogP contribution in [0.3, 0.4) is 0 Å². The summed E-state index contributed by atoms with van der Waals surface area (Å²) in [4.78, 5) is 15.0. The molecule has 1 aliphatic rings. The average Bonchev–Trinajstić information content (AvgIpc) is 3.39. The number of aryl methyl sites for hydroxylation is 1. The number of hydrogen-bond acceptors (Lipinski definition) is 5. The van der Waals surface area contributed by atoms with E-state index in [1.165, 1.54) is 17.3 Å². The summed E-state index contributed by atoms with van der Waals surface area (Å²) in [5, 5.41) is 9.24. The van der Waals surface area contributed by atoms with E-state index in [4.69, 9.17) is 4.74 Å². The Balaban J connectivity index is 1.42. The fraction of sp³-hybridized carbons (Fsp3) is 0.348. The molecule has 0 saturated carbocycles. The minimum Gasteiger partial charge on any atom is -0.497 e. The number of nitrogens with zero attached hydrogens (tertiary/aromatic N) is 4. The summed E-state index contributed by atoms with van der Waals surface area (Å²) in [6.07, 6.45) is 3.04. The highest BCUT2D eigenvalue weighted by Crippen LogP contribution is 2.26. The van der Waals surface area contributed by atoms with Crippen LogP contribution in [0.4, 0.5) is 0 Å². The molecule has 6 nitrogen and oxygen atoms in total. The van der Waals surface area contributed by atoms with Crippen LogP contribution in [0.1, 0.15) is 24.2 Å². The van der Waals surface area contributed by atoms with Crippen molar-refractivity contribution in [3.05, 3.63) is 66.0 Å². The maximum atomic E-state index is 13.0. The van der Waals surface area contributed by atoms with Gasteiger partial charge < -0.3 is 9.64 Å². The number of carbonyl (C=O) groups is 1. The number of hydrogen-bond donors (Lipinski definition) is 0. The van der Waals surface area contributed by atoms with E-state index >= 15 is 0 Å². The molecule has 1 saturated heterocycles. The molecule has 0 radical (unpaired) electrons. The fourth-order valence-electron chi connectivity index (χ4n) is 3.94. The third-order valence-corrected chi connectivity index (χ3v) is 6.38. The van der Waals surface area contributed by atoms with Crippen LogP contribution in [0.25, 0.3) is 5.69 Å². The summed E-state index contributed by atoms with van der Waals surface area (Å²) in [5.74, 6) is 2.12. The molecule has 1 aliphatic heterocycles. The number of carbonyl (C=O) groups excluding carboxylic acids is 1. The van der Waals surface area contributed by atoms with E-state index in [-0.39, 0.29) is 11.9 Å². The van der Waals surface area contributed by atoms with Crippen LogP contribution in [0.2, 0.25) is 0 Å². The molecule has 0 bridgehead atoms. The molecule has 7 heteroatoms. The predicted octanol–water partition coefficient (Wildman–Crippen LogP) is 3.91. The Bertz CT molecular complexity index is 988. The van der Waals surface area contributed by atoms with Crippen LogP contribution in [-0.4, -0.2) is 51.0 Å². The van der Waals surface area contributed by atoms with Gasteiger partial charge in [0.1, 0.15) is 11.6 Å². The normalized spacial score (nSPS) is 16.1. The first kappa shape index (κ1) is 20.5. The predicted molar refractivity (Wildman–Crippen MR) is 118 cm³/mol. The van der Waals surface area contributed by atoms with E-state index in [0.29, 0.717) is 5.75 Å². The second-order valence-corrected chi connectivity index (χ2v) is 8.37. The van der Waals surface area contributed by atoms with Gasteiger partial charge in [-0.3, -0.25) is 9.36 Å². The van der Waals surface area contributed by atoms with Gasteiger partial charge in [-0.05, 0) is 56.0 Å². The molecule has 0 spiro atoms. The number of thioether (sulfide) groups is 1. The zero-order valence-electron chi connectivity index (χ0n) is 17.3. The molecule has 0 aliphatic carbocycles. The van der Waals surface area contributed by atoms with Crippen LogP contribution in [0.5, 0.6) is 5.75 Å². The van der Waals surface area contributed by atoms with E-state index in [9.17, 15) is 4.79 Å². The first-order chi connectivity index (χ1) is 14.7. The first-order valence-corrected chi connectivity index (χ1v) is 11.2. The van der Waals surface area contributed by atoms with Gasteiger partial charge in [0.2, 0.25) is 5.91 Å². The number of benzene rings is 2. The number of ether oxygens (including phenoxy) is 1. The molecule has 30 heavy (non-hydrogen) atoms. The number of likely N-dealkylation sites (tertiary alicyclic amines) is 1. The summed E-state index contributed by atoms with van der Waals surface area (Å²) in [5.41, 5.74) is 2.24. The standard InChI is InChI=1S/C23H26N4O2S/c1-17-24-25-23(27(17)19-10-12-21(29-2)13-11-19)30-16-22(28)26-14-6-9-20(26)15-18-7-4-3-5-8-18/h3-5,7-8,10-13,20H,6,9,14-16H2,1-2H3. The van der Waals surface area contributed by atoms with Crippen LogP contribution in [0, 0.1) is 6.92 Å². The van der Waals surface area contributed by atoms with Crippen LogP contribution < -0.4 is 4.74 Å². The first-order valence-electron chi connectivity index (χ1n) is 10.2. The van der Waals surface area contributed by atoms with Gasteiger partial charge in [0, 0.05) is 18.3 Å². The molecule has 156 valence electrons. The Hall–Kier alpha value is -2.80. The van der Waals surface area contributed by atoms with E-state index in [1.54, 1.807) is 7.11 Å². The molecule has 3 aromatic rings. The zero-order chi connectivity index (χ0) is 20.9. The number of methoxy groups -OCH3 is 1. The van der Waals surface area contributed by atoms with E-state index in [0.717, 1.165) is 48.2 Å². The van der Waals surface area contributed by atoms with E-state index in [1.807, 2.05) is 46.7 Å². The SMILES string of the molecule is COc1ccc(-n2c(C)nnc2SCC(=O)N2CCCC2Cc2ccccc2)cc1. The lowest BCUT2D eigenvalue weighted by molar-refractivity contribution is -0.129. The number of rotatable bonds is 7. The van der Waals surface area contributed by atoms with Crippen molar-refractivity contribution in [3.63, 3.8) is 0 Å². The lowest BCUT2D eigenvalue weighted by Gasteiger charge is -2.24.